The van der Waals surface area contributed by atoms with Crippen molar-refractivity contribution >= 4 is 27.3 Å². The van der Waals surface area contributed by atoms with Gasteiger partial charge in [0.15, 0.2) is 0 Å². The Labute approximate surface area is 133 Å². The highest BCUT2D eigenvalue weighted by Crippen LogP contribution is 2.28. The number of unbranched alkanes of at least 4 members (excludes halogenated alkanes) is 2. The van der Waals surface area contributed by atoms with Gasteiger partial charge in [-0.2, -0.15) is 0 Å². The lowest BCUT2D eigenvalue weighted by atomic mass is 9.87. The molecule has 0 aliphatic heterocycles. The van der Waals surface area contributed by atoms with Crippen molar-refractivity contribution in [1.29, 1.82) is 0 Å². The van der Waals surface area contributed by atoms with E-state index in [0.29, 0.717) is 6.54 Å². The molecule has 0 aliphatic rings. The van der Waals surface area contributed by atoms with Crippen LogP contribution in [0, 0.1) is 5.41 Å². The topological polar surface area (TPSA) is 72.2 Å². The summed E-state index contributed by atoms with van der Waals surface area (Å²) in [6.45, 7) is 6.63. The van der Waals surface area contributed by atoms with E-state index in [-0.39, 0.29) is 21.0 Å². The number of halogens is 1. The molecular weight excluding hydrogens is 308 g/mol. The van der Waals surface area contributed by atoms with Crippen molar-refractivity contribution in [3.8, 4) is 0 Å². The first-order chi connectivity index (χ1) is 9.69. The van der Waals surface area contributed by atoms with E-state index in [9.17, 15) is 8.42 Å². The third kappa shape index (κ3) is 5.49. The van der Waals surface area contributed by atoms with Gasteiger partial charge >= 0.3 is 0 Å². The Hall–Kier alpha value is -0.780. The maximum Gasteiger partial charge on any atom is 0.244 e. The largest absolute Gasteiger partial charge is 0.398 e. The molecular formula is C15H25ClN2O2S. The summed E-state index contributed by atoms with van der Waals surface area (Å²) in [6, 6.07) is 4.69. The fraction of sp³-hybridized carbons (Fsp3) is 0.600. The van der Waals surface area contributed by atoms with E-state index < -0.39 is 10.0 Å². The van der Waals surface area contributed by atoms with Crippen molar-refractivity contribution in [3.05, 3.63) is 23.2 Å². The van der Waals surface area contributed by atoms with Gasteiger partial charge in [0.1, 0.15) is 4.90 Å². The van der Waals surface area contributed by atoms with E-state index >= 15 is 0 Å². The van der Waals surface area contributed by atoms with Crippen LogP contribution in [0.5, 0.6) is 0 Å². The Bertz CT molecular complexity index is 551. The average Bonchev–Trinajstić information content (AvgIpc) is 2.36. The molecule has 1 rings (SSSR count). The molecule has 0 aromatic heterocycles. The summed E-state index contributed by atoms with van der Waals surface area (Å²) in [5, 5.41) is 0.145. The molecule has 120 valence electrons. The molecule has 0 bridgehead atoms. The van der Waals surface area contributed by atoms with E-state index in [2.05, 4.69) is 25.5 Å². The lowest BCUT2D eigenvalue weighted by Gasteiger charge is -2.25. The molecule has 6 heteroatoms. The van der Waals surface area contributed by atoms with Crippen molar-refractivity contribution < 1.29 is 8.42 Å². The number of hydrogen-bond donors (Lipinski definition) is 2. The normalized spacial score (nSPS) is 12.6. The summed E-state index contributed by atoms with van der Waals surface area (Å²) in [7, 11) is -3.69. The number of nitrogens with two attached hydrogens (primary N) is 1. The number of anilines is 1. The first-order valence-corrected chi connectivity index (χ1v) is 9.09. The highest BCUT2D eigenvalue weighted by atomic mass is 35.5. The molecule has 0 unspecified atom stereocenters. The molecule has 3 N–H and O–H groups in total. The molecule has 0 saturated carbocycles. The number of benzene rings is 1. The lowest BCUT2D eigenvalue weighted by molar-refractivity contribution is 0.320. The molecule has 0 radical (unpaired) electrons. The smallest absolute Gasteiger partial charge is 0.244 e. The van der Waals surface area contributed by atoms with Crippen LogP contribution in [-0.4, -0.2) is 15.0 Å². The quantitative estimate of drug-likeness (QED) is 0.561. The minimum absolute atomic E-state index is 0.0315. The first kappa shape index (κ1) is 18.3. The van der Waals surface area contributed by atoms with E-state index in [4.69, 9.17) is 17.3 Å². The Balaban J connectivity index is 2.78. The summed E-state index contributed by atoms with van der Waals surface area (Å²) >= 11 is 5.97. The molecule has 1 aromatic rings. The molecule has 4 nitrogen and oxygen atoms in total. The fourth-order valence-corrected chi connectivity index (χ4v) is 4.03. The molecule has 0 fully saturated rings. The second-order valence-corrected chi connectivity index (χ2v) is 8.22. The van der Waals surface area contributed by atoms with Gasteiger partial charge in [0.25, 0.3) is 0 Å². The molecule has 0 atom stereocenters. The second-order valence-electron chi connectivity index (χ2n) is 6.10. The fourth-order valence-electron chi connectivity index (χ4n) is 2.11. The summed E-state index contributed by atoms with van der Waals surface area (Å²) in [6.07, 6.45) is 4.38. The molecule has 0 spiro atoms. The lowest BCUT2D eigenvalue weighted by Crippen LogP contribution is -2.34. The van der Waals surface area contributed by atoms with Gasteiger partial charge in [-0.3, -0.25) is 0 Å². The van der Waals surface area contributed by atoms with Gasteiger partial charge in [-0.05, 0) is 24.0 Å². The summed E-state index contributed by atoms with van der Waals surface area (Å²) in [5.74, 6) is 0. The number of nitrogens with one attached hydrogen (secondary N) is 1. The Morgan fingerprint density at radius 1 is 1.29 bits per heavy atom. The summed E-state index contributed by atoms with van der Waals surface area (Å²) < 4.78 is 27.4. The molecule has 0 saturated heterocycles. The van der Waals surface area contributed by atoms with Gasteiger partial charge in [-0.1, -0.05) is 57.7 Å². The second kappa shape index (κ2) is 7.47. The standard InChI is InChI=1S/C15H25ClN2O2S/c1-4-5-6-10-15(2,3)11-18-21(19,20)14-12(16)8-7-9-13(14)17/h7-9,18H,4-6,10-11,17H2,1-3H3. The third-order valence-electron chi connectivity index (χ3n) is 3.46. The molecule has 1 aromatic carbocycles. The van der Waals surface area contributed by atoms with Crippen LogP contribution in [0.1, 0.15) is 46.5 Å². The first-order valence-electron chi connectivity index (χ1n) is 7.23. The zero-order chi connectivity index (χ0) is 16.1. The van der Waals surface area contributed by atoms with E-state index in [1.165, 1.54) is 12.1 Å². The average molecular weight is 333 g/mol. The van der Waals surface area contributed by atoms with E-state index in [1.54, 1.807) is 6.07 Å². The highest BCUT2D eigenvalue weighted by molar-refractivity contribution is 7.89. The van der Waals surface area contributed by atoms with Gasteiger partial charge in [-0.25, -0.2) is 13.1 Å². The Morgan fingerprint density at radius 2 is 1.95 bits per heavy atom. The summed E-state index contributed by atoms with van der Waals surface area (Å²) in [5.41, 5.74) is 5.81. The van der Waals surface area contributed by atoms with Gasteiger partial charge in [0, 0.05) is 6.54 Å². The minimum atomic E-state index is -3.69. The van der Waals surface area contributed by atoms with Gasteiger partial charge in [-0.15, -0.1) is 0 Å². The molecule has 0 amide bonds. The summed E-state index contributed by atoms with van der Waals surface area (Å²) in [4.78, 5) is -0.0315. The number of hydrogen-bond acceptors (Lipinski definition) is 3. The number of nitrogen functional groups attached to an aromatic ring is 1. The number of sulfonamides is 1. The van der Waals surface area contributed by atoms with Crippen molar-refractivity contribution in [3.63, 3.8) is 0 Å². The van der Waals surface area contributed by atoms with Crippen LogP contribution < -0.4 is 10.5 Å². The maximum atomic E-state index is 12.4. The van der Waals surface area contributed by atoms with Crippen LogP contribution >= 0.6 is 11.6 Å². The zero-order valence-electron chi connectivity index (χ0n) is 12.9. The van der Waals surface area contributed by atoms with Crippen LogP contribution in [-0.2, 0) is 10.0 Å². The Morgan fingerprint density at radius 3 is 2.52 bits per heavy atom. The van der Waals surface area contributed by atoms with Crippen molar-refractivity contribution in [2.45, 2.75) is 51.3 Å². The Kier molecular flexibility index (Phi) is 6.50. The van der Waals surface area contributed by atoms with Crippen molar-refractivity contribution in [2.24, 2.45) is 5.41 Å². The van der Waals surface area contributed by atoms with Gasteiger partial charge < -0.3 is 5.73 Å². The number of rotatable bonds is 8. The molecule has 21 heavy (non-hydrogen) atoms. The molecule has 0 heterocycles. The molecule has 0 aliphatic carbocycles. The van der Waals surface area contributed by atoms with E-state index in [1.807, 2.05) is 0 Å². The van der Waals surface area contributed by atoms with Crippen LogP contribution in [0.25, 0.3) is 0 Å². The zero-order valence-corrected chi connectivity index (χ0v) is 14.5. The minimum Gasteiger partial charge on any atom is -0.398 e. The van der Waals surface area contributed by atoms with Crippen LogP contribution in [0.15, 0.2) is 23.1 Å². The highest BCUT2D eigenvalue weighted by Gasteiger charge is 2.25. The predicted molar refractivity (Wildman–Crippen MR) is 89.0 cm³/mol. The maximum absolute atomic E-state index is 12.4. The van der Waals surface area contributed by atoms with Gasteiger partial charge in [0.05, 0.1) is 10.7 Å². The third-order valence-corrected chi connectivity index (χ3v) is 5.41. The van der Waals surface area contributed by atoms with Crippen molar-refractivity contribution in [2.75, 3.05) is 12.3 Å². The van der Waals surface area contributed by atoms with Gasteiger partial charge in [0.2, 0.25) is 10.0 Å². The van der Waals surface area contributed by atoms with Crippen molar-refractivity contribution in [1.82, 2.24) is 4.72 Å². The monoisotopic (exact) mass is 332 g/mol. The SMILES string of the molecule is CCCCCC(C)(C)CNS(=O)(=O)c1c(N)cccc1Cl. The van der Waals surface area contributed by atoms with Crippen LogP contribution in [0.2, 0.25) is 5.02 Å². The van der Waals surface area contributed by atoms with Crippen LogP contribution in [0.3, 0.4) is 0 Å². The van der Waals surface area contributed by atoms with E-state index in [0.717, 1.165) is 25.7 Å². The predicted octanol–water partition coefficient (Wildman–Crippen LogP) is 3.81. The van der Waals surface area contributed by atoms with Crippen LogP contribution in [0.4, 0.5) is 5.69 Å².